The third kappa shape index (κ3) is 4.12. The largest absolute Gasteiger partial charge is 0.396 e. The predicted octanol–water partition coefficient (Wildman–Crippen LogP) is 2.73. The van der Waals surface area contributed by atoms with Crippen molar-refractivity contribution in [1.29, 1.82) is 0 Å². The molecule has 0 amide bonds. The van der Waals surface area contributed by atoms with Gasteiger partial charge in [0, 0.05) is 6.61 Å². The second kappa shape index (κ2) is 7.24. The molecule has 1 fully saturated rings. The highest BCUT2D eigenvalue weighted by atomic mass is 16.3. The molecule has 2 nitrogen and oxygen atoms in total. The zero-order chi connectivity index (χ0) is 11.1. The van der Waals surface area contributed by atoms with E-state index in [-0.39, 0.29) is 6.10 Å². The molecule has 0 aromatic rings. The molecule has 2 heteroatoms. The molecular weight excluding hydrogens is 188 g/mol. The van der Waals surface area contributed by atoms with Gasteiger partial charge in [0.05, 0.1) is 6.10 Å². The maximum absolute atomic E-state index is 10.1. The van der Waals surface area contributed by atoms with Gasteiger partial charge in [0.15, 0.2) is 0 Å². The maximum atomic E-state index is 10.1. The Bertz CT molecular complexity index is 159. The first kappa shape index (κ1) is 13.0. The molecule has 1 rings (SSSR count). The Labute approximate surface area is 93.7 Å². The zero-order valence-corrected chi connectivity index (χ0v) is 9.99. The van der Waals surface area contributed by atoms with Gasteiger partial charge in [-0.05, 0) is 37.5 Å². The van der Waals surface area contributed by atoms with E-state index in [0.717, 1.165) is 25.7 Å². The van der Waals surface area contributed by atoms with Crippen LogP contribution in [0.1, 0.15) is 58.3 Å². The molecule has 90 valence electrons. The molecule has 0 spiro atoms. The van der Waals surface area contributed by atoms with Gasteiger partial charge in [-0.3, -0.25) is 0 Å². The number of rotatable bonds is 6. The lowest BCUT2D eigenvalue weighted by molar-refractivity contribution is 0.0357. The van der Waals surface area contributed by atoms with Crippen molar-refractivity contribution in [3.8, 4) is 0 Å². The van der Waals surface area contributed by atoms with Crippen LogP contribution in [0.4, 0.5) is 0 Å². The topological polar surface area (TPSA) is 40.5 Å². The Morgan fingerprint density at radius 3 is 2.67 bits per heavy atom. The molecule has 3 unspecified atom stereocenters. The van der Waals surface area contributed by atoms with E-state index in [1.165, 1.54) is 25.7 Å². The first-order chi connectivity index (χ1) is 7.29. The third-order valence-electron chi connectivity index (χ3n) is 3.78. The summed E-state index contributed by atoms with van der Waals surface area (Å²) in [6, 6.07) is 0. The van der Waals surface area contributed by atoms with E-state index in [2.05, 4.69) is 6.92 Å². The van der Waals surface area contributed by atoms with Gasteiger partial charge in [0.25, 0.3) is 0 Å². The summed E-state index contributed by atoms with van der Waals surface area (Å²) in [7, 11) is 0. The number of aliphatic hydroxyl groups is 2. The molecule has 0 heterocycles. The highest BCUT2D eigenvalue weighted by Crippen LogP contribution is 2.36. The Balaban J connectivity index is 2.41. The van der Waals surface area contributed by atoms with E-state index in [4.69, 9.17) is 5.11 Å². The van der Waals surface area contributed by atoms with Crippen LogP contribution in [0.3, 0.4) is 0 Å². The van der Waals surface area contributed by atoms with E-state index in [9.17, 15) is 5.11 Å². The summed E-state index contributed by atoms with van der Waals surface area (Å²) >= 11 is 0. The minimum atomic E-state index is -0.0982. The van der Waals surface area contributed by atoms with Crippen LogP contribution in [0.25, 0.3) is 0 Å². The second-order valence-corrected chi connectivity index (χ2v) is 4.93. The van der Waals surface area contributed by atoms with E-state index in [0.29, 0.717) is 18.4 Å². The van der Waals surface area contributed by atoms with Crippen molar-refractivity contribution < 1.29 is 10.2 Å². The van der Waals surface area contributed by atoms with Crippen LogP contribution in [0, 0.1) is 11.8 Å². The number of hydrogen-bond acceptors (Lipinski definition) is 2. The van der Waals surface area contributed by atoms with Crippen LogP contribution in [-0.4, -0.2) is 22.9 Å². The quantitative estimate of drug-likeness (QED) is 0.713. The standard InChI is InChI=1S/C13H26O2/c1-2-6-13(15)12-9-4-3-7-11(12)8-5-10-14/h11-15H,2-10H2,1H3. The Morgan fingerprint density at radius 2 is 2.00 bits per heavy atom. The van der Waals surface area contributed by atoms with E-state index < -0.39 is 0 Å². The lowest BCUT2D eigenvalue weighted by Crippen LogP contribution is -2.30. The average molecular weight is 214 g/mol. The van der Waals surface area contributed by atoms with Crippen LogP contribution in [0.5, 0.6) is 0 Å². The third-order valence-corrected chi connectivity index (χ3v) is 3.78. The first-order valence-electron chi connectivity index (χ1n) is 6.58. The fourth-order valence-electron chi connectivity index (χ4n) is 2.96. The molecule has 0 bridgehead atoms. The predicted molar refractivity (Wildman–Crippen MR) is 62.7 cm³/mol. The summed E-state index contributed by atoms with van der Waals surface area (Å²) in [5, 5.41) is 18.9. The van der Waals surface area contributed by atoms with Gasteiger partial charge in [-0.2, -0.15) is 0 Å². The summed E-state index contributed by atoms with van der Waals surface area (Å²) < 4.78 is 0. The first-order valence-corrected chi connectivity index (χ1v) is 6.58. The van der Waals surface area contributed by atoms with Gasteiger partial charge in [0.2, 0.25) is 0 Å². The van der Waals surface area contributed by atoms with Gasteiger partial charge in [-0.1, -0.05) is 32.6 Å². The molecular formula is C13H26O2. The number of hydrogen-bond donors (Lipinski definition) is 2. The van der Waals surface area contributed by atoms with Gasteiger partial charge in [0.1, 0.15) is 0 Å². The molecule has 3 atom stereocenters. The van der Waals surface area contributed by atoms with E-state index in [1.807, 2.05) is 0 Å². The lowest BCUT2D eigenvalue weighted by atomic mass is 9.73. The summed E-state index contributed by atoms with van der Waals surface area (Å²) in [6.07, 6.45) is 8.96. The van der Waals surface area contributed by atoms with Crippen LogP contribution >= 0.6 is 0 Å². The highest BCUT2D eigenvalue weighted by molar-refractivity contribution is 4.80. The van der Waals surface area contributed by atoms with Crippen molar-refractivity contribution in [1.82, 2.24) is 0 Å². The minimum absolute atomic E-state index is 0.0982. The van der Waals surface area contributed by atoms with Crippen LogP contribution in [0.15, 0.2) is 0 Å². The smallest absolute Gasteiger partial charge is 0.0570 e. The zero-order valence-electron chi connectivity index (χ0n) is 9.99. The molecule has 0 saturated heterocycles. The molecule has 0 aromatic heterocycles. The molecule has 1 saturated carbocycles. The molecule has 0 aliphatic heterocycles. The second-order valence-electron chi connectivity index (χ2n) is 4.93. The molecule has 0 radical (unpaired) electrons. The minimum Gasteiger partial charge on any atom is -0.396 e. The van der Waals surface area contributed by atoms with Crippen molar-refractivity contribution in [3.05, 3.63) is 0 Å². The van der Waals surface area contributed by atoms with Gasteiger partial charge in [-0.25, -0.2) is 0 Å². The highest BCUT2D eigenvalue weighted by Gasteiger charge is 2.29. The average Bonchev–Trinajstić information content (AvgIpc) is 2.27. The van der Waals surface area contributed by atoms with Crippen molar-refractivity contribution in [2.75, 3.05) is 6.61 Å². The van der Waals surface area contributed by atoms with Crippen LogP contribution < -0.4 is 0 Å². The van der Waals surface area contributed by atoms with Crippen molar-refractivity contribution in [2.45, 2.75) is 64.4 Å². The van der Waals surface area contributed by atoms with Crippen LogP contribution in [0.2, 0.25) is 0 Å². The normalized spacial score (nSPS) is 29.0. The lowest BCUT2D eigenvalue weighted by Gasteiger charge is -2.35. The summed E-state index contributed by atoms with van der Waals surface area (Å²) in [5.74, 6) is 1.16. The SMILES string of the molecule is CCCC(O)C1CCCCC1CCCO. The van der Waals surface area contributed by atoms with E-state index in [1.54, 1.807) is 0 Å². The van der Waals surface area contributed by atoms with Crippen molar-refractivity contribution in [2.24, 2.45) is 11.8 Å². The molecule has 15 heavy (non-hydrogen) atoms. The molecule has 2 N–H and O–H groups in total. The molecule has 0 aromatic carbocycles. The van der Waals surface area contributed by atoms with Crippen molar-refractivity contribution >= 4 is 0 Å². The van der Waals surface area contributed by atoms with Gasteiger partial charge >= 0.3 is 0 Å². The van der Waals surface area contributed by atoms with Crippen molar-refractivity contribution in [3.63, 3.8) is 0 Å². The fraction of sp³-hybridized carbons (Fsp3) is 1.00. The summed E-state index contributed by atoms with van der Waals surface area (Å²) in [5.41, 5.74) is 0. The Kier molecular flexibility index (Phi) is 6.26. The maximum Gasteiger partial charge on any atom is 0.0570 e. The van der Waals surface area contributed by atoms with E-state index >= 15 is 0 Å². The van der Waals surface area contributed by atoms with Crippen LogP contribution in [-0.2, 0) is 0 Å². The molecule has 1 aliphatic carbocycles. The van der Waals surface area contributed by atoms with Gasteiger partial charge < -0.3 is 10.2 Å². The molecule has 1 aliphatic rings. The Morgan fingerprint density at radius 1 is 1.27 bits per heavy atom. The fourth-order valence-corrected chi connectivity index (χ4v) is 2.96. The summed E-state index contributed by atoms with van der Waals surface area (Å²) in [6.45, 7) is 2.43. The summed E-state index contributed by atoms with van der Waals surface area (Å²) in [4.78, 5) is 0. The monoisotopic (exact) mass is 214 g/mol. The Hall–Kier alpha value is -0.0800. The van der Waals surface area contributed by atoms with Gasteiger partial charge in [-0.15, -0.1) is 0 Å². The number of aliphatic hydroxyl groups excluding tert-OH is 2.